The molecule has 1 aliphatic rings. The van der Waals surface area contributed by atoms with Crippen LogP contribution in [0.15, 0.2) is 30.6 Å². The number of amides is 1. The Kier molecular flexibility index (Phi) is 9.85. The molecule has 1 fully saturated rings. The zero-order valence-corrected chi connectivity index (χ0v) is 19.8. The Balaban J connectivity index is 0.00000456. The van der Waals surface area contributed by atoms with Gasteiger partial charge in [0.15, 0.2) is 0 Å². The van der Waals surface area contributed by atoms with Crippen molar-refractivity contribution in [1.29, 1.82) is 5.41 Å². The number of aliphatic hydroxyl groups is 1. The number of carbonyl (C=O) groups is 2. The third kappa shape index (κ3) is 7.70. The number of piperidine rings is 1. The lowest BCUT2D eigenvalue weighted by molar-refractivity contribution is -0.149. The van der Waals surface area contributed by atoms with Gasteiger partial charge in [-0.15, -0.1) is 0 Å². The molecule has 2 heterocycles. The minimum atomic E-state index is -1.38. The average molecular weight is 504 g/mol. The fraction of sp³-hybridized carbons (Fsp3) is 0.480. The van der Waals surface area contributed by atoms with Crippen molar-refractivity contribution in [3.05, 3.63) is 42.0 Å². The number of rotatable bonds is 9. The summed E-state index contributed by atoms with van der Waals surface area (Å²) in [6, 6.07) is 4.86. The van der Waals surface area contributed by atoms with Crippen LogP contribution in [0, 0.1) is 17.1 Å². The van der Waals surface area contributed by atoms with Crippen molar-refractivity contribution < 1.29 is 28.6 Å². The maximum Gasteiger partial charge on any atom is 0.316 e. The number of ether oxygens (including phenoxy) is 2. The molecule has 0 aliphatic carbocycles. The Morgan fingerprint density at radius 3 is 2.47 bits per heavy atom. The van der Waals surface area contributed by atoms with Gasteiger partial charge in [0.05, 0.1) is 6.61 Å². The molecule has 2 aromatic rings. The van der Waals surface area contributed by atoms with Crippen LogP contribution < -0.4 is 10.5 Å². The molecule has 1 aromatic carbocycles. The highest BCUT2D eigenvalue weighted by atomic mass is 19.1. The number of hydrogen-bond acceptors (Lipinski definition) is 8. The SMILES string of the molecule is C.CC(C)(O)C(=O)N1CCC(COc2ncc(-c3cccc(COC(=O)CC(=N)N)c3F)cn2)CC1. The van der Waals surface area contributed by atoms with Crippen molar-refractivity contribution in [2.75, 3.05) is 19.7 Å². The number of nitrogens with two attached hydrogens (primary N) is 1. The predicted octanol–water partition coefficient (Wildman–Crippen LogP) is 2.68. The molecule has 4 N–H and O–H groups in total. The van der Waals surface area contributed by atoms with E-state index >= 15 is 0 Å². The summed E-state index contributed by atoms with van der Waals surface area (Å²) in [7, 11) is 0. The minimum absolute atomic E-state index is 0. The summed E-state index contributed by atoms with van der Waals surface area (Å²) in [6.07, 6.45) is 4.05. The molecule has 1 aliphatic heterocycles. The van der Waals surface area contributed by atoms with Gasteiger partial charge >= 0.3 is 12.0 Å². The number of nitrogens with one attached hydrogen (secondary N) is 1. The lowest BCUT2D eigenvalue weighted by Crippen LogP contribution is -2.48. The number of halogens is 1. The largest absolute Gasteiger partial charge is 0.463 e. The number of likely N-dealkylation sites (tertiary alicyclic amines) is 1. The first-order valence-corrected chi connectivity index (χ1v) is 11.3. The molecule has 0 unspecified atom stereocenters. The van der Waals surface area contributed by atoms with Gasteiger partial charge in [-0.3, -0.25) is 15.0 Å². The van der Waals surface area contributed by atoms with Crippen LogP contribution in [0.25, 0.3) is 11.1 Å². The molecule has 1 saturated heterocycles. The summed E-state index contributed by atoms with van der Waals surface area (Å²) in [5.41, 5.74) is 4.64. The highest BCUT2D eigenvalue weighted by molar-refractivity contribution is 5.94. The van der Waals surface area contributed by atoms with Gasteiger partial charge < -0.3 is 25.2 Å². The van der Waals surface area contributed by atoms with Crippen LogP contribution in [-0.4, -0.2) is 63.0 Å². The second-order valence-corrected chi connectivity index (χ2v) is 9.00. The van der Waals surface area contributed by atoms with E-state index in [1.807, 2.05) is 0 Å². The maximum atomic E-state index is 14.9. The number of benzene rings is 1. The molecule has 3 rings (SSSR count). The quantitative estimate of drug-likeness (QED) is 0.268. The Hall–Kier alpha value is -3.60. The van der Waals surface area contributed by atoms with Crippen molar-refractivity contribution in [1.82, 2.24) is 14.9 Å². The van der Waals surface area contributed by atoms with Gasteiger partial charge in [0.1, 0.15) is 30.3 Å². The highest BCUT2D eigenvalue weighted by Crippen LogP contribution is 2.26. The van der Waals surface area contributed by atoms with E-state index in [9.17, 15) is 19.1 Å². The summed E-state index contributed by atoms with van der Waals surface area (Å²) in [6.45, 7) is 4.18. The second kappa shape index (κ2) is 12.4. The molecule has 0 bridgehead atoms. The van der Waals surface area contributed by atoms with Gasteiger partial charge in [-0.1, -0.05) is 25.6 Å². The smallest absolute Gasteiger partial charge is 0.316 e. The number of nitrogens with zero attached hydrogens (tertiary/aromatic N) is 3. The molecule has 11 heteroatoms. The number of esters is 1. The molecule has 0 spiro atoms. The van der Waals surface area contributed by atoms with Crippen LogP contribution in [0.2, 0.25) is 0 Å². The number of hydrogen-bond donors (Lipinski definition) is 3. The first kappa shape index (κ1) is 28.6. The Morgan fingerprint density at radius 2 is 1.89 bits per heavy atom. The maximum absolute atomic E-state index is 14.9. The summed E-state index contributed by atoms with van der Waals surface area (Å²) < 4.78 is 25.6. The average Bonchev–Trinajstić information content (AvgIpc) is 2.81. The molecular weight excluding hydrogens is 469 g/mol. The molecule has 196 valence electrons. The first-order valence-electron chi connectivity index (χ1n) is 11.3. The van der Waals surface area contributed by atoms with Gasteiger partial charge in [-0.2, -0.15) is 0 Å². The lowest BCUT2D eigenvalue weighted by Gasteiger charge is -2.34. The van der Waals surface area contributed by atoms with Crippen molar-refractivity contribution in [3.8, 4) is 17.1 Å². The van der Waals surface area contributed by atoms with E-state index < -0.39 is 17.4 Å². The van der Waals surface area contributed by atoms with Crippen LogP contribution in [0.1, 0.15) is 46.1 Å². The van der Waals surface area contributed by atoms with E-state index in [-0.39, 0.29) is 55.3 Å². The van der Waals surface area contributed by atoms with E-state index in [0.717, 1.165) is 12.8 Å². The van der Waals surface area contributed by atoms with E-state index in [2.05, 4.69) is 9.97 Å². The Labute approximate surface area is 210 Å². The Bertz CT molecular complexity index is 1060. The van der Waals surface area contributed by atoms with Crippen molar-refractivity contribution in [2.45, 2.75) is 52.7 Å². The highest BCUT2D eigenvalue weighted by Gasteiger charge is 2.32. The molecule has 0 radical (unpaired) electrons. The van der Waals surface area contributed by atoms with Crippen molar-refractivity contribution in [2.24, 2.45) is 11.7 Å². The molecule has 0 saturated carbocycles. The van der Waals surface area contributed by atoms with Gasteiger partial charge in [0.25, 0.3) is 5.91 Å². The molecule has 0 atom stereocenters. The van der Waals surface area contributed by atoms with E-state index in [1.54, 1.807) is 17.0 Å². The van der Waals surface area contributed by atoms with E-state index in [0.29, 0.717) is 25.3 Å². The topological polar surface area (TPSA) is 152 Å². The first-order chi connectivity index (χ1) is 16.5. The third-order valence-corrected chi connectivity index (χ3v) is 5.61. The molecule has 1 aromatic heterocycles. The van der Waals surface area contributed by atoms with Crippen LogP contribution in [0.5, 0.6) is 6.01 Å². The predicted molar refractivity (Wildman–Crippen MR) is 132 cm³/mol. The van der Waals surface area contributed by atoms with Gasteiger partial charge in [0.2, 0.25) is 0 Å². The summed E-state index contributed by atoms with van der Waals surface area (Å²) in [4.78, 5) is 33.7. The zero-order chi connectivity index (χ0) is 25.6. The third-order valence-electron chi connectivity index (χ3n) is 5.61. The van der Waals surface area contributed by atoms with Crippen LogP contribution >= 0.6 is 0 Å². The fourth-order valence-electron chi connectivity index (χ4n) is 3.69. The minimum Gasteiger partial charge on any atom is -0.463 e. The second-order valence-electron chi connectivity index (χ2n) is 9.00. The summed E-state index contributed by atoms with van der Waals surface area (Å²) in [5.74, 6) is -1.64. The van der Waals surface area contributed by atoms with Crippen molar-refractivity contribution >= 4 is 17.7 Å². The van der Waals surface area contributed by atoms with Gasteiger partial charge in [0, 0.05) is 42.2 Å². The summed E-state index contributed by atoms with van der Waals surface area (Å²) in [5, 5.41) is 17.0. The Morgan fingerprint density at radius 1 is 1.25 bits per heavy atom. The standard InChI is InChI=1S/C24H30FN5O5.CH4/c1-24(2,33)22(32)30-8-6-15(7-9-30)13-35-23-28-11-17(12-29-23)18-5-3-4-16(21(18)25)14-34-20(31)10-19(26)27;/h3-5,11-12,15,33H,6-10,13-14H2,1-2H3,(H3,26,27);1H4. The van der Waals surface area contributed by atoms with Crippen LogP contribution in [0.3, 0.4) is 0 Å². The number of amidine groups is 1. The number of carbonyl (C=O) groups excluding carboxylic acids is 2. The van der Waals surface area contributed by atoms with Crippen molar-refractivity contribution in [3.63, 3.8) is 0 Å². The monoisotopic (exact) mass is 503 g/mol. The molecule has 36 heavy (non-hydrogen) atoms. The summed E-state index contributed by atoms with van der Waals surface area (Å²) >= 11 is 0. The van der Waals surface area contributed by atoms with Gasteiger partial charge in [-0.25, -0.2) is 14.4 Å². The van der Waals surface area contributed by atoms with Crippen LogP contribution in [-0.2, 0) is 20.9 Å². The number of aromatic nitrogens is 2. The normalized spacial score (nSPS) is 14.1. The zero-order valence-electron chi connectivity index (χ0n) is 19.8. The molecule has 1 amide bonds. The van der Waals surface area contributed by atoms with E-state index in [1.165, 1.54) is 32.3 Å². The lowest BCUT2D eigenvalue weighted by atomic mass is 9.96. The van der Waals surface area contributed by atoms with E-state index in [4.69, 9.17) is 20.6 Å². The molecular formula is C25H34FN5O5. The fourth-order valence-corrected chi connectivity index (χ4v) is 3.69. The molecule has 10 nitrogen and oxygen atoms in total. The van der Waals surface area contributed by atoms with Gasteiger partial charge in [-0.05, 0) is 32.6 Å². The van der Waals surface area contributed by atoms with Crippen LogP contribution in [0.4, 0.5) is 4.39 Å².